The maximum absolute atomic E-state index is 13.4. The number of carbonyl (C=O) groups is 1. The van der Waals surface area contributed by atoms with Crippen molar-refractivity contribution in [3.05, 3.63) is 54.1 Å². The standard InChI is InChI=1S/C23H22F2N4O/c1-16(2)3-4-19-5-6-20(15-26-19)29-10-7-17-13-18(14-27-21(17)29)22(30)28-11-8-23(24,25)9-12-28/h5-7,10,13-16H,8-9,11-12H2,1-2H3. The number of hydrogen-bond donors (Lipinski definition) is 0. The van der Waals surface area contributed by atoms with Gasteiger partial charge in [0.1, 0.15) is 11.3 Å². The number of fused-ring (bicyclic) bond motifs is 1. The molecule has 1 fully saturated rings. The molecular weight excluding hydrogens is 386 g/mol. The summed E-state index contributed by atoms with van der Waals surface area (Å²) >= 11 is 0. The molecule has 0 atom stereocenters. The number of nitrogens with zero attached hydrogens (tertiary/aromatic N) is 4. The summed E-state index contributed by atoms with van der Waals surface area (Å²) < 4.78 is 28.6. The summed E-state index contributed by atoms with van der Waals surface area (Å²) in [6.07, 6.45) is 4.51. The summed E-state index contributed by atoms with van der Waals surface area (Å²) in [5, 5.41) is 0.798. The van der Waals surface area contributed by atoms with Crippen molar-refractivity contribution in [2.45, 2.75) is 32.6 Å². The van der Waals surface area contributed by atoms with Gasteiger partial charge >= 0.3 is 0 Å². The maximum Gasteiger partial charge on any atom is 0.255 e. The molecule has 1 amide bonds. The molecule has 0 aliphatic carbocycles. The highest BCUT2D eigenvalue weighted by atomic mass is 19.3. The fourth-order valence-electron chi connectivity index (χ4n) is 3.39. The van der Waals surface area contributed by atoms with E-state index in [0.717, 1.165) is 11.1 Å². The first-order valence-corrected chi connectivity index (χ1v) is 9.95. The lowest BCUT2D eigenvalue weighted by Gasteiger charge is -2.31. The zero-order chi connectivity index (χ0) is 21.3. The van der Waals surface area contributed by atoms with Crippen LogP contribution in [-0.4, -0.2) is 44.4 Å². The second-order valence-corrected chi connectivity index (χ2v) is 7.80. The molecule has 0 bridgehead atoms. The van der Waals surface area contributed by atoms with Crippen LogP contribution in [0.4, 0.5) is 8.78 Å². The number of carbonyl (C=O) groups excluding carboxylic acids is 1. The Morgan fingerprint density at radius 3 is 2.57 bits per heavy atom. The molecular formula is C23H22F2N4O. The van der Waals surface area contributed by atoms with Gasteiger partial charge in [0.25, 0.3) is 11.8 Å². The van der Waals surface area contributed by atoms with Crippen LogP contribution in [0.3, 0.4) is 0 Å². The normalized spacial score (nSPS) is 15.8. The summed E-state index contributed by atoms with van der Waals surface area (Å²) in [5.41, 5.74) is 2.64. The Kier molecular flexibility index (Phi) is 5.25. The van der Waals surface area contributed by atoms with Gasteiger partial charge in [-0.05, 0) is 30.2 Å². The van der Waals surface area contributed by atoms with Gasteiger partial charge in [-0.25, -0.2) is 18.7 Å². The summed E-state index contributed by atoms with van der Waals surface area (Å²) in [6.45, 7) is 4.17. The molecule has 0 spiro atoms. The summed E-state index contributed by atoms with van der Waals surface area (Å²) in [6, 6.07) is 7.41. The Balaban J connectivity index is 1.56. The predicted octanol–water partition coefficient (Wildman–Crippen LogP) is 4.30. The largest absolute Gasteiger partial charge is 0.338 e. The van der Waals surface area contributed by atoms with Crippen molar-refractivity contribution < 1.29 is 13.6 Å². The van der Waals surface area contributed by atoms with Gasteiger partial charge in [0.05, 0.1) is 17.4 Å². The van der Waals surface area contributed by atoms with Gasteiger partial charge in [-0.3, -0.25) is 9.36 Å². The Bertz CT molecular complexity index is 1130. The highest BCUT2D eigenvalue weighted by Gasteiger charge is 2.35. The number of rotatable bonds is 2. The van der Waals surface area contributed by atoms with Gasteiger partial charge in [0, 0.05) is 49.6 Å². The van der Waals surface area contributed by atoms with Crippen LogP contribution in [0, 0.1) is 17.8 Å². The Morgan fingerprint density at radius 2 is 1.90 bits per heavy atom. The minimum absolute atomic E-state index is 0.0581. The van der Waals surface area contributed by atoms with Crippen LogP contribution in [-0.2, 0) is 0 Å². The van der Waals surface area contributed by atoms with Crippen molar-refractivity contribution in [2.24, 2.45) is 5.92 Å². The smallest absolute Gasteiger partial charge is 0.255 e. The van der Waals surface area contributed by atoms with Crippen LogP contribution in [0.2, 0.25) is 0 Å². The monoisotopic (exact) mass is 408 g/mol. The fourth-order valence-corrected chi connectivity index (χ4v) is 3.39. The lowest BCUT2D eigenvalue weighted by Crippen LogP contribution is -2.42. The molecule has 0 radical (unpaired) electrons. The third-order valence-corrected chi connectivity index (χ3v) is 5.07. The maximum atomic E-state index is 13.4. The number of likely N-dealkylation sites (tertiary alicyclic amines) is 1. The van der Waals surface area contributed by atoms with Crippen molar-refractivity contribution in [3.63, 3.8) is 0 Å². The third kappa shape index (κ3) is 4.18. The molecule has 0 unspecified atom stereocenters. The van der Waals surface area contributed by atoms with Crippen LogP contribution < -0.4 is 0 Å². The van der Waals surface area contributed by atoms with Crippen LogP contribution in [0.15, 0.2) is 42.9 Å². The van der Waals surface area contributed by atoms with Crippen molar-refractivity contribution in [2.75, 3.05) is 13.1 Å². The summed E-state index contributed by atoms with van der Waals surface area (Å²) in [5.74, 6) is 3.46. The zero-order valence-corrected chi connectivity index (χ0v) is 16.9. The zero-order valence-electron chi connectivity index (χ0n) is 16.9. The average molecular weight is 408 g/mol. The van der Waals surface area contributed by atoms with Gasteiger partial charge in [-0.15, -0.1) is 0 Å². The van der Waals surface area contributed by atoms with Crippen molar-refractivity contribution >= 4 is 16.9 Å². The molecule has 3 aromatic heterocycles. The van der Waals surface area contributed by atoms with Crippen LogP contribution in [0.1, 0.15) is 42.7 Å². The fraction of sp³-hybridized carbons (Fsp3) is 0.348. The van der Waals surface area contributed by atoms with E-state index >= 15 is 0 Å². The van der Waals surface area contributed by atoms with Crippen LogP contribution in [0.25, 0.3) is 16.7 Å². The van der Waals surface area contributed by atoms with Crippen LogP contribution >= 0.6 is 0 Å². The van der Waals surface area contributed by atoms with E-state index in [2.05, 4.69) is 21.8 Å². The topological polar surface area (TPSA) is 51.0 Å². The Labute approximate surface area is 173 Å². The van der Waals surface area contributed by atoms with Gasteiger partial charge in [0.15, 0.2) is 0 Å². The molecule has 154 valence electrons. The lowest BCUT2D eigenvalue weighted by molar-refractivity contribution is -0.0494. The number of pyridine rings is 2. The molecule has 7 heteroatoms. The van der Waals surface area contributed by atoms with E-state index in [1.54, 1.807) is 12.3 Å². The average Bonchev–Trinajstić information content (AvgIpc) is 3.15. The highest BCUT2D eigenvalue weighted by molar-refractivity contribution is 5.97. The Hall–Kier alpha value is -3.27. The number of aromatic nitrogens is 3. The molecule has 0 aromatic carbocycles. The molecule has 0 N–H and O–H groups in total. The van der Waals surface area contributed by atoms with Gasteiger partial charge in [-0.2, -0.15) is 0 Å². The number of halogens is 2. The Morgan fingerprint density at radius 1 is 1.13 bits per heavy atom. The second-order valence-electron chi connectivity index (χ2n) is 7.80. The first-order valence-electron chi connectivity index (χ1n) is 9.95. The third-order valence-electron chi connectivity index (χ3n) is 5.07. The summed E-state index contributed by atoms with van der Waals surface area (Å²) in [4.78, 5) is 23.0. The lowest BCUT2D eigenvalue weighted by atomic mass is 10.1. The first-order chi connectivity index (χ1) is 14.3. The molecule has 1 aliphatic rings. The van der Waals surface area contributed by atoms with Gasteiger partial charge in [0.2, 0.25) is 0 Å². The second kappa shape index (κ2) is 7.86. The van der Waals surface area contributed by atoms with Crippen molar-refractivity contribution in [1.82, 2.24) is 19.4 Å². The molecule has 4 rings (SSSR count). The van der Waals surface area contributed by atoms with E-state index < -0.39 is 5.92 Å². The molecule has 1 aliphatic heterocycles. The molecule has 30 heavy (non-hydrogen) atoms. The van der Waals surface area contributed by atoms with E-state index in [9.17, 15) is 13.6 Å². The molecule has 1 saturated heterocycles. The van der Waals surface area contributed by atoms with E-state index in [1.165, 1.54) is 11.1 Å². The minimum atomic E-state index is -2.68. The van der Waals surface area contributed by atoms with Crippen molar-refractivity contribution in [1.29, 1.82) is 0 Å². The van der Waals surface area contributed by atoms with E-state index in [0.29, 0.717) is 16.9 Å². The van der Waals surface area contributed by atoms with E-state index in [4.69, 9.17) is 0 Å². The van der Waals surface area contributed by atoms with E-state index in [-0.39, 0.29) is 37.8 Å². The minimum Gasteiger partial charge on any atom is -0.338 e. The molecule has 5 nitrogen and oxygen atoms in total. The van der Waals surface area contributed by atoms with Gasteiger partial charge < -0.3 is 4.90 Å². The number of alkyl halides is 2. The number of piperidine rings is 1. The highest BCUT2D eigenvalue weighted by Crippen LogP contribution is 2.28. The molecule has 4 heterocycles. The molecule has 0 saturated carbocycles. The predicted molar refractivity (Wildman–Crippen MR) is 111 cm³/mol. The van der Waals surface area contributed by atoms with Gasteiger partial charge in [-0.1, -0.05) is 19.8 Å². The van der Waals surface area contributed by atoms with E-state index in [1.807, 2.05) is 42.8 Å². The quantitative estimate of drug-likeness (QED) is 0.594. The van der Waals surface area contributed by atoms with Crippen molar-refractivity contribution in [3.8, 4) is 17.5 Å². The number of amides is 1. The number of hydrogen-bond acceptors (Lipinski definition) is 3. The summed E-state index contributed by atoms with van der Waals surface area (Å²) in [7, 11) is 0. The SMILES string of the molecule is CC(C)C#Cc1ccc(-n2ccc3cc(C(=O)N4CCC(F)(F)CC4)cnc32)cn1. The molecule has 3 aromatic rings. The van der Waals surface area contributed by atoms with Crippen LogP contribution in [0.5, 0.6) is 0 Å². The first kappa shape index (κ1) is 20.0.